The lowest BCUT2D eigenvalue weighted by molar-refractivity contribution is 0.0595. The SMILES string of the molecule is CCc1c(-c2ccc3cc4n(c3c2)C(O)CC4)[nH]c(=O)c(C(=O)OC)c1O. The fourth-order valence-electron chi connectivity index (χ4n) is 3.89. The number of esters is 1. The van der Waals surface area contributed by atoms with Crippen molar-refractivity contribution >= 4 is 16.9 Å². The van der Waals surface area contributed by atoms with Gasteiger partial charge in [-0.3, -0.25) is 4.79 Å². The van der Waals surface area contributed by atoms with E-state index < -0.39 is 23.3 Å². The predicted molar refractivity (Wildman–Crippen MR) is 100.0 cm³/mol. The van der Waals surface area contributed by atoms with Crippen molar-refractivity contribution in [3.63, 3.8) is 0 Å². The highest BCUT2D eigenvalue weighted by molar-refractivity contribution is 5.94. The molecule has 1 aromatic carbocycles. The topological polar surface area (TPSA) is 105 Å². The minimum Gasteiger partial charge on any atom is -0.506 e. The van der Waals surface area contributed by atoms with Crippen LogP contribution in [0.3, 0.4) is 0 Å². The van der Waals surface area contributed by atoms with Gasteiger partial charge in [0.2, 0.25) is 0 Å². The molecule has 7 heteroatoms. The van der Waals surface area contributed by atoms with Gasteiger partial charge in [0.15, 0.2) is 5.56 Å². The first-order valence-electron chi connectivity index (χ1n) is 8.85. The Labute approximate surface area is 154 Å². The third-order valence-electron chi connectivity index (χ3n) is 5.20. The molecule has 0 aliphatic carbocycles. The summed E-state index contributed by atoms with van der Waals surface area (Å²) in [6.07, 6.45) is 1.35. The van der Waals surface area contributed by atoms with Crippen LogP contribution in [0.4, 0.5) is 0 Å². The number of ether oxygens (including phenoxy) is 1. The van der Waals surface area contributed by atoms with E-state index in [1.54, 1.807) is 0 Å². The first kappa shape index (κ1) is 17.4. The van der Waals surface area contributed by atoms with E-state index in [0.717, 1.165) is 30.1 Å². The fraction of sp³-hybridized carbons (Fsp3) is 0.300. The van der Waals surface area contributed by atoms with Gasteiger partial charge in [-0.2, -0.15) is 0 Å². The zero-order valence-corrected chi connectivity index (χ0v) is 15.1. The number of nitrogens with zero attached hydrogens (tertiary/aromatic N) is 1. The Balaban J connectivity index is 1.95. The monoisotopic (exact) mass is 368 g/mol. The standard InChI is InChI=1S/C20H20N2O5/c1-3-13-17(21-19(25)16(18(13)24)20(26)27-2)11-5-4-10-8-12-6-7-15(23)22(12)14(10)9-11/h4-5,8-9,15,23H,3,6-7H2,1-2H3,(H2,21,24,25). The second-order valence-electron chi connectivity index (χ2n) is 6.67. The molecule has 1 unspecified atom stereocenters. The third kappa shape index (κ3) is 2.54. The number of aryl methyl sites for hydroxylation is 1. The van der Waals surface area contributed by atoms with Crippen molar-refractivity contribution in [2.45, 2.75) is 32.4 Å². The van der Waals surface area contributed by atoms with Crippen LogP contribution in [-0.4, -0.2) is 32.8 Å². The smallest absolute Gasteiger partial charge is 0.347 e. The summed E-state index contributed by atoms with van der Waals surface area (Å²) in [5.74, 6) is -1.23. The molecule has 1 atom stereocenters. The van der Waals surface area contributed by atoms with Crippen LogP contribution in [0, 0.1) is 0 Å². The zero-order chi connectivity index (χ0) is 19.3. The number of H-pyrrole nitrogens is 1. The zero-order valence-electron chi connectivity index (χ0n) is 15.1. The van der Waals surface area contributed by atoms with E-state index in [2.05, 4.69) is 15.8 Å². The normalized spacial score (nSPS) is 15.9. The summed E-state index contributed by atoms with van der Waals surface area (Å²) in [6, 6.07) is 7.71. The fourth-order valence-corrected chi connectivity index (χ4v) is 3.89. The molecule has 0 saturated carbocycles. The summed E-state index contributed by atoms with van der Waals surface area (Å²) >= 11 is 0. The van der Waals surface area contributed by atoms with Gasteiger partial charge >= 0.3 is 5.97 Å². The molecule has 0 fully saturated rings. The van der Waals surface area contributed by atoms with Gasteiger partial charge in [0, 0.05) is 16.8 Å². The molecular weight excluding hydrogens is 348 g/mol. The van der Waals surface area contributed by atoms with E-state index in [9.17, 15) is 19.8 Å². The van der Waals surface area contributed by atoms with Crippen molar-refractivity contribution < 1.29 is 19.7 Å². The molecule has 27 heavy (non-hydrogen) atoms. The number of pyridine rings is 1. The van der Waals surface area contributed by atoms with Gasteiger partial charge in [0.1, 0.15) is 12.0 Å². The van der Waals surface area contributed by atoms with Gasteiger partial charge < -0.3 is 24.5 Å². The maximum Gasteiger partial charge on any atom is 0.347 e. The molecule has 0 spiro atoms. The number of fused-ring (bicyclic) bond motifs is 3. The number of benzene rings is 1. The van der Waals surface area contributed by atoms with Crippen molar-refractivity contribution in [2.75, 3.05) is 7.11 Å². The number of carbonyl (C=O) groups is 1. The lowest BCUT2D eigenvalue weighted by Gasteiger charge is -2.14. The molecular formula is C20H20N2O5. The molecule has 1 aliphatic heterocycles. The van der Waals surface area contributed by atoms with Crippen LogP contribution in [0.5, 0.6) is 5.75 Å². The van der Waals surface area contributed by atoms with Crippen molar-refractivity contribution in [1.82, 2.24) is 9.55 Å². The third-order valence-corrected chi connectivity index (χ3v) is 5.20. The Morgan fingerprint density at radius 3 is 2.85 bits per heavy atom. The molecule has 7 nitrogen and oxygen atoms in total. The molecule has 3 aromatic rings. The summed E-state index contributed by atoms with van der Waals surface area (Å²) in [4.78, 5) is 27.0. The van der Waals surface area contributed by atoms with Crippen LogP contribution < -0.4 is 5.56 Å². The molecule has 0 radical (unpaired) electrons. The Bertz CT molecular complexity index is 1130. The molecule has 3 N–H and O–H groups in total. The van der Waals surface area contributed by atoms with Gasteiger partial charge in [-0.1, -0.05) is 19.1 Å². The highest BCUT2D eigenvalue weighted by Gasteiger charge is 2.25. The number of hydrogen-bond donors (Lipinski definition) is 3. The molecule has 140 valence electrons. The summed E-state index contributed by atoms with van der Waals surface area (Å²) in [7, 11) is 1.16. The first-order valence-corrected chi connectivity index (χ1v) is 8.85. The lowest BCUT2D eigenvalue weighted by atomic mass is 9.99. The minimum absolute atomic E-state index is 0.358. The molecule has 4 rings (SSSR count). The Morgan fingerprint density at radius 2 is 2.15 bits per heavy atom. The van der Waals surface area contributed by atoms with E-state index in [0.29, 0.717) is 29.7 Å². The molecule has 1 aliphatic rings. The second-order valence-corrected chi connectivity index (χ2v) is 6.67. The molecule has 2 aromatic heterocycles. The number of aliphatic hydroxyl groups excluding tert-OH is 1. The van der Waals surface area contributed by atoms with Crippen LogP contribution in [0.15, 0.2) is 29.1 Å². The largest absolute Gasteiger partial charge is 0.506 e. The average molecular weight is 368 g/mol. The number of methoxy groups -OCH3 is 1. The number of aromatic amines is 1. The van der Waals surface area contributed by atoms with Gasteiger partial charge in [-0.25, -0.2) is 4.79 Å². The summed E-state index contributed by atoms with van der Waals surface area (Å²) in [5.41, 5.74) is 2.46. The van der Waals surface area contributed by atoms with E-state index in [-0.39, 0.29) is 5.75 Å². The number of aliphatic hydroxyl groups is 1. The van der Waals surface area contributed by atoms with Crippen molar-refractivity contribution in [1.29, 1.82) is 0 Å². The number of aromatic hydroxyl groups is 1. The Kier molecular flexibility index (Phi) is 4.04. The van der Waals surface area contributed by atoms with Gasteiger partial charge in [-0.05, 0) is 36.8 Å². The van der Waals surface area contributed by atoms with Crippen molar-refractivity contribution in [2.24, 2.45) is 0 Å². The molecule has 0 amide bonds. The number of rotatable bonds is 3. The first-order chi connectivity index (χ1) is 13.0. The lowest BCUT2D eigenvalue weighted by Crippen LogP contribution is -2.21. The summed E-state index contributed by atoms with van der Waals surface area (Å²) in [5, 5.41) is 21.8. The van der Waals surface area contributed by atoms with Crippen molar-refractivity contribution in [3.05, 3.63) is 51.4 Å². The van der Waals surface area contributed by atoms with Crippen LogP contribution >= 0.6 is 0 Å². The molecule has 3 heterocycles. The maximum absolute atomic E-state index is 12.4. The van der Waals surface area contributed by atoms with E-state index in [4.69, 9.17) is 0 Å². The van der Waals surface area contributed by atoms with E-state index in [1.807, 2.05) is 29.7 Å². The quantitative estimate of drug-likeness (QED) is 0.616. The van der Waals surface area contributed by atoms with Gasteiger partial charge in [0.25, 0.3) is 5.56 Å². The molecule has 0 saturated heterocycles. The Hall–Kier alpha value is -3.06. The summed E-state index contributed by atoms with van der Waals surface area (Å²) < 4.78 is 6.50. The van der Waals surface area contributed by atoms with E-state index in [1.165, 1.54) is 0 Å². The molecule has 0 bridgehead atoms. The number of hydrogen-bond acceptors (Lipinski definition) is 5. The summed E-state index contributed by atoms with van der Waals surface area (Å²) in [6.45, 7) is 1.83. The Morgan fingerprint density at radius 1 is 1.37 bits per heavy atom. The number of nitrogens with one attached hydrogen (secondary N) is 1. The average Bonchev–Trinajstić information content (AvgIpc) is 3.20. The van der Waals surface area contributed by atoms with Crippen LogP contribution in [-0.2, 0) is 17.6 Å². The number of aromatic nitrogens is 2. The van der Waals surface area contributed by atoms with Gasteiger partial charge in [-0.15, -0.1) is 0 Å². The minimum atomic E-state index is -0.877. The number of carbonyl (C=O) groups excluding carboxylic acids is 1. The van der Waals surface area contributed by atoms with Crippen molar-refractivity contribution in [3.8, 4) is 17.0 Å². The highest BCUT2D eigenvalue weighted by atomic mass is 16.5. The van der Waals surface area contributed by atoms with Gasteiger partial charge in [0.05, 0.1) is 18.3 Å². The predicted octanol–water partition coefficient (Wildman–Crippen LogP) is 2.49. The highest BCUT2D eigenvalue weighted by Crippen LogP contribution is 2.36. The van der Waals surface area contributed by atoms with E-state index >= 15 is 0 Å². The van der Waals surface area contributed by atoms with Crippen LogP contribution in [0.2, 0.25) is 0 Å². The van der Waals surface area contributed by atoms with Crippen LogP contribution in [0.1, 0.15) is 41.2 Å². The second kappa shape index (κ2) is 6.28. The van der Waals surface area contributed by atoms with Crippen LogP contribution in [0.25, 0.3) is 22.2 Å². The maximum atomic E-state index is 12.4.